The molecule has 2 fully saturated rings. The summed E-state index contributed by atoms with van der Waals surface area (Å²) in [4.78, 5) is 35.7. The van der Waals surface area contributed by atoms with Crippen LogP contribution in [0.4, 0.5) is 5.69 Å². The largest absolute Gasteiger partial charge is 0.312 e. The summed E-state index contributed by atoms with van der Waals surface area (Å²) in [6.45, 7) is 0.712. The lowest BCUT2D eigenvalue weighted by atomic mass is 9.67. The predicted octanol–water partition coefficient (Wildman–Crippen LogP) is 4.32. The number of amides is 1. The van der Waals surface area contributed by atoms with E-state index >= 15 is 0 Å². The standard InChI is InChI=1S/C21H22ClN3O2/c22-16-4-1-5-17(12-16)25-10-7-21(20(25)27)6-2-3-15(13-21)11-19(26)18-14-23-8-9-24-18/h1,4-5,8-9,12,14-15H,2-3,6-7,10-11,13H2/t15-,21+/m1/s1. The number of benzene rings is 1. The average molecular weight is 384 g/mol. The molecule has 2 aromatic rings. The summed E-state index contributed by atoms with van der Waals surface area (Å²) < 4.78 is 0. The molecular formula is C21H22ClN3O2. The molecule has 1 saturated carbocycles. The number of carbonyl (C=O) groups is 2. The van der Waals surface area contributed by atoms with Gasteiger partial charge in [-0.2, -0.15) is 0 Å². The minimum absolute atomic E-state index is 0.0160. The van der Waals surface area contributed by atoms with Gasteiger partial charge in [0, 0.05) is 36.1 Å². The first-order chi connectivity index (χ1) is 13.1. The van der Waals surface area contributed by atoms with Crippen LogP contribution >= 0.6 is 11.6 Å². The number of ketones is 1. The molecule has 0 radical (unpaired) electrons. The maximum absolute atomic E-state index is 13.3. The quantitative estimate of drug-likeness (QED) is 0.738. The molecule has 2 heterocycles. The third kappa shape index (κ3) is 3.61. The van der Waals surface area contributed by atoms with Crippen molar-refractivity contribution in [2.45, 2.75) is 38.5 Å². The summed E-state index contributed by atoms with van der Waals surface area (Å²) >= 11 is 6.10. The van der Waals surface area contributed by atoms with Gasteiger partial charge in [0.05, 0.1) is 11.6 Å². The molecule has 0 bridgehead atoms. The number of aromatic nitrogens is 2. The number of hydrogen-bond donors (Lipinski definition) is 0. The van der Waals surface area contributed by atoms with Gasteiger partial charge >= 0.3 is 0 Å². The second kappa shape index (κ2) is 7.39. The molecule has 0 unspecified atom stereocenters. The minimum Gasteiger partial charge on any atom is -0.312 e. The van der Waals surface area contributed by atoms with Gasteiger partial charge in [0.1, 0.15) is 5.69 Å². The second-order valence-corrected chi connectivity index (χ2v) is 8.08. The maximum atomic E-state index is 13.3. The van der Waals surface area contributed by atoms with Crippen LogP contribution in [-0.2, 0) is 4.79 Å². The summed E-state index contributed by atoms with van der Waals surface area (Å²) in [6.07, 6.45) is 9.54. The van der Waals surface area contributed by atoms with E-state index in [2.05, 4.69) is 9.97 Å². The topological polar surface area (TPSA) is 63.2 Å². The Kier molecular flexibility index (Phi) is 4.96. The van der Waals surface area contributed by atoms with Crippen LogP contribution in [0.1, 0.15) is 49.0 Å². The maximum Gasteiger partial charge on any atom is 0.233 e. The van der Waals surface area contributed by atoms with Crippen molar-refractivity contribution >= 4 is 29.0 Å². The fourth-order valence-electron chi connectivity index (χ4n) is 4.60. The highest BCUT2D eigenvalue weighted by molar-refractivity contribution is 6.31. The Morgan fingerprint density at radius 3 is 2.96 bits per heavy atom. The van der Waals surface area contributed by atoms with Gasteiger partial charge in [-0.1, -0.05) is 24.1 Å². The van der Waals surface area contributed by atoms with Gasteiger partial charge in [-0.25, -0.2) is 4.98 Å². The Hall–Kier alpha value is -2.27. The van der Waals surface area contributed by atoms with Crippen molar-refractivity contribution in [3.05, 3.63) is 53.6 Å². The Bertz CT molecular complexity index is 858. The lowest BCUT2D eigenvalue weighted by Crippen LogP contribution is -2.38. The molecule has 5 nitrogen and oxygen atoms in total. The van der Waals surface area contributed by atoms with Gasteiger partial charge in [0.15, 0.2) is 5.78 Å². The van der Waals surface area contributed by atoms with Crippen LogP contribution < -0.4 is 4.90 Å². The lowest BCUT2D eigenvalue weighted by molar-refractivity contribution is -0.128. The van der Waals surface area contributed by atoms with E-state index < -0.39 is 0 Å². The van der Waals surface area contributed by atoms with Crippen LogP contribution in [0.15, 0.2) is 42.9 Å². The first-order valence-corrected chi connectivity index (χ1v) is 9.82. The van der Waals surface area contributed by atoms with Gasteiger partial charge in [-0.15, -0.1) is 0 Å². The summed E-state index contributed by atoms with van der Waals surface area (Å²) in [5.74, 6) is 0.417. The van der Waals surface area contributed by atoms with Gasteiger partial charge in [0.25, 0.3) is 0 Å². The molecule has 0 N–H and O–H groups in total. The van der Waals surface area contributed by atoms with Gasteiger partial charge in [-0.05, 0) is 49.8 Å². The van der Waals surface area contributed by atoms with Crippen molar-refractivity contribution in [1.29, 1.82) is 0 Å². The normalized spacial score (nSPS) is 25.1. The number of rotatable bonds is 4. The molecule has 1 amide bonds. The number of hydrogen-bond acceptors (Lipinski definition) is 4. The Balaban J connectivity index is 1.47. The highest BCUT2D eigenvalue weighted by atomic mass is 35.5. The summed E-state index contributed by atoms with van der Waals surface area (Å²) in [6, 6.07) is 7.46. The van der Waals surface area contributed by atoms with Crippen molar-refractivity contribution in [3.63, 3.8) is 0 Å². The second-order valence-electron chi connectivity index (χ2n) is 7.65. The molecule has 1 aliphatic carbocycles. The molecule has 1 saturated heterocycles. The van der Waals surface area contributed by atoms with Crippen LogP contribution in [0.2, 0.25) is 5.02 Å². The zero-order chi connectivity index (χ0) is 18.9. The molecule has 6 heteroatoms. The number of nitrogens with zero attached hydrogens (tertiary/aromatic N) is 3. The van der Waals surface area contributed by atoms with Crippen molar-refractivity contribution < 1.29 is 9.59 Å². The Morgan fingerprint density at radius 2 is 2.19 bits per heavy atom. The number of carbonyl (C=O) groups excluding carboxylic acids is 2. The summed E-state index contributed by atoms with van der Waals surface area (Å²) in [7, 11) is 0. The molecule has 4 rings (SSSR count). The number of halogens is 1. The van der Waals surface area contributed by atoms with Crippen LogP contribution in [0.5, 0.6) is 0 Å². The van der Waals surface area contributed by atoms with Crippen LogP contribution in [-0.4, -0.2) is 28.2 Å². The number of anilines is 1. The monoisotopic (exact) mass is 383 g/mol. The lowest BCUT2D eigenvalue weighted by Gasteiger charge is -2.36. The smallest absolute Gasteiger partial charge is 0.233 e. The van der Waals surface area contributed by atoms with Crippen molar-refractivity contribution in [1.82, 2.24) is 9.97 Å². The van der Waals surface area contributed by atoms with Crippen molar-refractivity contribution in [2.75, 3.05) is 11.4 Å². The summed E-state index contributed by atoms with van der Waals surface area (Å²) in [5.41, 5.74) is 0.936. The Labute approximate surface area is 163 Å². The number of Topliss-reactive ketones (excluding diaryl/α,β-unsaturated/α-hetero) is 1. The molecule has 1 aromatic heterocycles. The van der Waals surface area contributed by atoms with E-state index in [0.717, 1.165) is 37.8 Å². The fraction of sp³-hybridized carbons (Fsp3) is 0.429. The van der Waals surface area contributed by atoms with E-state index in [0.29, 0.717) is 23.7 Å². The van der Waals surface area contributed by atoms with Crippen molar-refractivity contribution in [2.24, 2.45) is 11.3 Å². The van der Waals surface area contributed by atoms with Crippen molar-refractivity contribution in [3.8, 4) is 0 Å². The first kappa shape index (κ1) is 18.1. The minimum atomic E-state index is -0.339. The first-order valence-electron chi connectivity index (χ1n) is 9.44. The van der Waals surface area contributed by atoms with Crippen LogP contribution in [0.25, 0.3) is 0 Å². The molecule has 2 aliphatic rings. The average Bonchev–Trinajstić information content (AvgIpc) is 2.98. The highest BCUT2D eigenvalue weighted by Crippen LogP contribution is 2.48. The third-order valence-electron chi connectivity index (χ3n) is 5.90. The molecule has 27 heavy (non-hydrogen) atoms. The zero-order valence-electron chi connectivity index (χ0n) is 15.1. The van der Waals surface area contributed by atoms with Crippen LogP contribution in [0, 0.1) is 11.3 Å². The highest BCUT2D eigenvalue weighted by Gasteiger charge is 2.49. The SMILES string of the molecule is O=C(C[C@H]1CCC[C@]2(CCN(c3cccc(Cl)c3)C2=O)C1)c1cnccn1. The molecule has 1 spiro atoms. The zero-order valence-corrected chi connectivity index (χ0v) is 15.9. The van der Waals surface area contributed by atoms with E-state index in [1.807, 2.05) is 29.2 Å². The molecule has 2 atom stereocenters. The van der Waals surface area contributed by atoms with Crippen LogP contribution in [0.3, 0.4) is 0 Å². The Morgan fingerprint density at radius 1 is 1.30 bits per heavy atom. The van der Waals surface area contributed by atoms with Gasteiger partial charge in [-0.3, -0.25) is 14.6 Å². The summed E-state index contributed by atoms with van der Waals surface area (Å²) in [5, 5.41) is 0.636. The molecule has 140 valence electrons. The third-order valence-corrected chi connectivity index (χ3v) is 6.14. The van der Waals surface area contributed by atoms with Gasteiger partial charge < -0.3 is 4.90 Å². The fourth-order valence-corrected chi connectivity index (χ4v) is 4.79. The van der Waals surface area contributed by atoms with E-state index in [-0.39, 0.29) is 23.0 Å². The molecule has 1 aromatic carbocycles. The molecule has 1 aliphatic heterocycles. The van der Waals surface area contributed by atoms with E-state index in [9.17, 15) is 9.59 Å². The molecular weight excluding hydrogens is 362 g/mol. The van der Waals surface area contributed by atoms with Gasteiger partial charge in [0.2, 0.25) is 5.91 Å². The predicted molar refractivity (Wildman–Crippen MR) is 104 cm³/mol. The van der Waals surface area contributed by atoms with E-state index in [1.165, 1.54) is 6.20 Å². The van der Waals surface area contributed by atoms with E-state index in [4.69, 9.17) is 11.6 Å². The van der Waals surface area contributed by atoms with E-state index in [1.54, 1.807) is 12.4 Å².